The van der Waals surface area contributed by atoms with E-state index >= 15 is 0 Å². The van der Waals surface area contributed by atoms with Gasteiger partial charge in [0, 0.05) is 11.5 Å². The van der Waals surface area contributed by atoms with E-state index in [1.807, 2.05) is 0 Å². The summed E-state index contributed by atoms with van der Waals surface area (Å²) >= 11 is 0. The third-order valence-corrected chi connectivity index (χ3v) is 4.47. The van der Waals surface area contributed by atoms with E-state index in [2.05, 4.69) is 56.4 Å². The van der Waals surface area contributed by atoms with Crippen molar-refractivity contribution < 1.29 is 0 Å². The van der Waals surface area contributed by atoms with Crippen molar-refractivity contribution in [1.29, 1.82) is 0 Å². The lowest BCUT2D eigenvalue weighted by Gasteiger charge is -2.50. The van der Waals surface area contributed by atoms with Gasteiger partial charge in [-0.25, -0.2) is 0 Å². The standard InChI is InChI=1S/C17H27N/c1-4-13-18-16(14(2)3)17(11-8-12-17)15-9-6-5-7-10-15/h5-7,9-10,14,16,18H,4,8,11-13H2,1-3H3. The van der Waals surface area contributed by atoms with Gasteiger partial charge >= 0.3 is 0 Å². The molecule has 1 heteroatoms. The molecule has 0 heterocycles. The van der Waals surface area contributed by atoms with E-state index in [0.717, 1.165) is 6.54 Å². The van der Waals surface area contributed by atoms with Crippen molar-refractivity contribution in [2.45, 2.75) is 57.9 Å². The molecule has 0 aliphatic heterocycles. The Morgan fingerprint density at radius 3 is 2.28 bits per heavy atom. The molecular weight excluding hydrogens is 218 g/mol. The lowest BCUT2D eigenvalue weighted by Crippen LogP contribution is -2.55. The summed E-state index contributed by atoms with van der Waals surface area (Å²) in [5.74, 6) is 0.692. The highest BCUT2D eigenvalue weighted by Gasteiger charge is 2.46. The highest BCUT2D eigenvalue weighted by molar-refractivity contribution is 5.31. The topological polar surface area (TPSA) is 12.0 Å². The highest BCUT2D eigenvalue weighted by atomic mass is 14.9. The van der Waals surface area contributed by atoms with E-state index in [4.69, 9.17) is 0 Å². The van der Waals surface area contributed by atoms with Crippen LogP contribution in [0.2, 0.25) is 0 Å². The summed E-state index contributed by atoms with van der Waals surface area (Å²) in [5, 5.41) is 3.81. The van der Waals surface area contributed by atoms with Gasteiger partial charge in [-0.05, 0) is 37.3 Å². The van der Waals surface area contributed by atoms with Gasteiger partial charge in [0.1, 0.15) is 0 Å². The molecule has 1 unspecified atom stereocenters. The summed E-state index contributed by atoms with van der Waals surface area (Å²) in [6.45, 7) is 8.10. The summed E-state index contributed by atoms with van der Waals surface area (Å²) in [5.41, 5.74) is 1.93. The van der Waals surface area contributed by atoms with Gasteiger partial charge < -0.3 is 5.32 Å². The van der Waals surface area contributed by atoms with Crippen molar-refractivity contribution >= 4 is 0 Å². The van der Waals surface area contributed by atoms with Gasteiger partial charge in [0.25, 0.3) is 0 Å². The molecule has 1 aliphatic rings. The maximum Gasteiger partial charge on any atom is 0.0187 e. The van der Waals surface area contributed by atoms with Gasteiger partial charge in [0.05, 0.1) is 0 Å². The molecule has 1 atom stereocenters. The highest BCUT2D eigenvalue weighted by Crippen LogP contribution is 2.48. The maximum atomic E-state index is 3.81. The predicted molar refractivity (Wildman–Crippen MR) is 78.9 cm³/mol. The summed E-state index contributed by atoms with van der Waals surface area (Å²) in [6, 6.07) is 11.8. The minimum atomic E-state index is 0.393. The molecule has 0 spiro atoms. The number of nitrogens with one attached hydrogen (secondary N) is 1. The Kier molecular flexibility index (Phi) is 4.45. The fraction of sp³-hybridized carbons (Fsp3) is 0.647. The van der Waals surface area contributed by atoms with E-state index in [1.165, 1.54) is 25.7 Å². The molecule has 0 amide bonds. The molecule has 0 bridgehead atoms. The molecule has 1 aromatic rings. The molecule has 0 aromatic heterocycles. The Bertz CT molecular complexity index is 351. The minimum Gasteiger partial charge on any atom is -0.313 e. The monoisotopic (exact) mass is 245 g/mol. The van der Waals surface area contributed by atoms with E-state index < -0.39 is 0 Å². The van der Waals surface area contributed by atoms with Gasteiger partial charge in [0.2, 0.25) is 0 Å². The number of rotatable bonds is 6. The zero-order valence-corrected chi connectivity index (χ0v) is 12.1. The maximum absolute atomic E-state index is 3.81. The number of hydrogen-bond donors (Lipinski definition) is 1. The molecule has 1 N–H and O–H groups in total. The first-order valence-corrected chi connectivity index (χ1v) is 7.49. The molecule has 1 aromatic carbocycles. The van der Waals surface area contributed by atoms with Gasteiger partial charge in [-0.1, -0.05) is 57.5 Å². The van der Waals surface area contributed by atoms with Crippen LogP contribution in [-0.2, 0) is 5.41 Å². The fourth-order valence-electron chi connectivity index (χ4n) is 3.48. The van der Waals surface area contributed by atoms with Crippen molar-refractivity contribution in [1.82, 2.24) is 5.32 Å². The molecule has 1 fully saturated rings. The summed E-state index contributed by atoms with van der Waals surface area (Å²) in [4.78, 5) is 0. The third-order valence-electron chi connectivity index (χ3n) is 4.47. The molecule has 1 aliphatic carbocycles. The van der Waals surface area contributed by atoms with Crippen molar-refractivity contribution in [2.75, 3.05) is 6.54 Å². The molecular formula is C17H27N. The normalized spacial score (nSPS) is 19.6. The third kappa shape index (κ3) is 2.47. The SMILES string of the molecule is CCCNC(C(C)C)C1(c2ccccc2)CCC1. The summed E-state index contributed by atoms with van der Waals surface area (Å²) < 4.78 is 0. The molecule has 2 rings (SSSR count). The largest absolute Gasteiger partial charge is 0.313 e. The van der Waals surface area contributed by atoms with Crippen molar-refractivity contribution in [3.8, 4) is 0 Å². The fourth-order valence-corrected chi connectivity index (χ4v) is 3.48. The van der Waals surface area contributed by atoms with Crippen LogP contribution in [0, 0.1) is 5.92 Å². The Hall–Kier alpha value is -0.820. The van der Waals surface area contributed by atoms with Crippen LogP contribution in [0.5, 0.6) is 0 Å². The number of hydrogen-bond acceptors (Lipinski definition) is 1. The smallest absolute Gasteiger partial charge is 0.0187 e. The van der Waals surface area contributed by atoms with Crippen LogP contribution in [0.3, 0.4) is 0 Å². The Morgan fingerprint density at radius 1 is 1.17 bits per heavy atom. The number of benzene rings is 1. The second-order valence-electron chi connectivity index (χ2n) is 6.05. The van der Waals surface area contributed by atoms with Crippen LogP contribution < -0.4 is 5.32 Å². The molecule has 18 heavy (non-hydrogen) atoms. The van der Waals surface area contributed by atoms with Crippen LogP contribution in [0.1, 0.15) is 52.0 Å². The van der Waals surface area contributed by atoms with E-state index in [-0.39, 0.29) is 0 Å². The quantitative estimate of drug-likeness (QED) is 0.794. The van der Waals surface area contributed by atoms with Crippen LogP contribution in [0.25, 0.3) is 0 Å². The van der Waals surface area contributed by atoms with Crippen molar-refractivity contribution in [2.24, 2.45) is 5.92 Å². The predicted octanol–water partition coefficient (Wildman–Crippen LogP) is 4.13. The van der Waals surface area contributed by atoms with Crippen LogP contribution in [0.15, 0.2) is 30.3 Å². The van der Waals surface area contributed by atoms with Crippen LogP contribution in [0.4, 0.5) is 0 Å². The average molecular weight is 245 g/mol. The summed E-state index contributed by atoms with van der Waals surface area (Å²) in [7, 11) is 0. The van der Waals surface area contributed by atoms with E-state index in [0.29, 0.717) is 17.4 Å². The van der Waals surface area contributed by atoms with Gasteiger partial charge in [-0.3, -0.25) is 0 Å². The minimum absolute atomic E-state index is 0.393. The molecule has 100 valence electrons. The van der Waals surface area contributed by atoms with E-state index in [1.54, 1.807) is 5.56 Å². The van der Waals surface area contributed by atoms with Crippen LogP contribution >= 0.6 is 0 Å². The second-order valence-corrected chi connectivity index (χ2v) is 6.05. The zero-order chi connectivity index (χ0) is 13.0. The summed E-state index contributed by atoms with van der Waals surface area (Å²) in [6.07, 6.45) is 5.28. The zero-order valence-electron chi connectivity index (χ0n) is 12.1. The first-order valence-electron chi connectivity index (χ1n) is 7.49. The molecule has 1 nitrogen and oxygen atoms in total. The average Bonchev–Trinajstić information content (AvgIpc) is 2.33. The Balaban J connectivity index is 2.24. The first-order chi connectivity index (χ1) is 8.70. The lowest BCUT2D eigenvalue weighted by molar-refractivity contribution is 0.136. The molecule has 1 saturated carbocycles. The molecule has 0 saturated heterocycles. The van der Waals surface area contributed by atoms with E-state index in [9.17, 15) is 0 Å². The lowest BCUT2D eigenvalue weighted by atomic mass is 9.58. The second kappa shape index (κ2) is 5.88. The Labute approximate surface area is 112 Å². The van der Waals surface area contributed by atoms with Crippen LogP contribution in [-0.4, -0.2) is 12.6 Å². The first kappa shape index (κ1) is 13.6. The van der Waals surface area contributed by atoms with Gasteiger partial charge in [-0.2, -0.15) is 0 Å². The van der Waals surface area contributed by atoms with Crippen molar-refractivity contribution in [3.05, 3.63) is 35.9 Å². The molecule has 0 radical (unpaired) electrons. The van der Waals surface area contributed by atoms with Gasteiger partial charge in [-0.15, -0.1) is 0 Å². The van der Waals surface area contributed by atoms with Gasteiger partial charge in [0.15, 0.2) is 0 Å². The Morgan fingerprint density at radius 2 is 1.83 bits per heavy atom. The van der Waals surface area contributed by atoms with Crippen molar-refractivity contribution in [3.63, 3.8) is 0 Å².